The average molecular weight is 651 g/mol. The molecule has 1 saturated heterocycles. The summed E-state index contributed by atoms with van der Waals surface area (Å²) in [5.41, 5.74) is 0.947. The molecule has 1 saturated carbocycles. The quantitative estimate of drug-likeness (QED) is 0.279. The smallest absolute Gasteiger partial charge is 0.358 e. The second-order valence-electron chi connectivity index (χ2n) is 10.2. The number of nitrogens with zero attached hydrogens (tertiary/aromatic N) is 2. The van der Waals surface area contributed by atoms with Gasteiger partial charge in [0.05, 0.1) is 5.51 Å². The normalized spacial score (nSPS) is 18.1. The van der Waals surface area contributed by atoms with Crippen molar-refractivity contribution in [3.63, 3.8) is 0 Å². The van der Waals surface area contributed by atoms with Crippen molar-refractivity contribution in [2.75, 3.05) is 13.1 Å². The first-order chi connectivity index (χ1) is 17.5. The van der Waals surface area contributed by atoms with Gasteiger partial charge in [0.15, 0.2) is 5.67 Å². The van der Waals surface area contributed by atoms with Crippen LogP contribution in [-0.4, -0.2) is 58.4 Å². The molecule has 2 N–H and O–H groups in total. The van der Waals surface area contributed by atoms with Crippen LogP contribution in [0.1, 0.15) is 70.9 Å². The van der Waals surface area contributed by atoms with Gasteiger partial charge in [0.1, 0.15) is 12.1 Å². The van der Waals surface area contributed by atoms with Gasteiger partial charge < -0.3 is 35.4 Å². The second kappa shape index (κ2) is 18.0. The maximum absolute atomic E-state index is 14.3. The van der Waals surface area contributed by atoms with E-state index in [9.17, 15) is 18.8 Å². The van der Waals surface area contributed by atoms with Crippen molar-refractivity contribution in [1.82, 2.24) is 20.5 Å². The van der Waals surface area contributed by atoms with Crippen molar-refractivity contribution >= 4 is 29.1 Å². The van der Waals surface area contributed by atoms with Crippen molar-refractivity contribution in [3.8, 4) is 0 Å². The number of alkyl halides is 1. The molecule has 7 nitrogen and oxygen atoms in total. The predicted molar refractivity (Wildman–Crippen MR) is 158 cm³/mol. The zero-order valence-electron chi connectivity index (χ0n) is 25.4. The number of carbonyl (C=O) groups excluding carboxylic acids is 3. The molecule has 1 aromatic heterocycles. The van der Waals surface area contributed by atoms with Crippen molar-refractivity contribution in [1.29, 1.82) is 0 Å². The molecule has 0 radical (unpaired) electrons. The summed E-state index contributed by atoms with van der Waals surface area (Å²) in [5, 5.41) is 5.51. The number of aryl methyl sites for hydroxylation is 1. The van der Waals surface area contributed by atoms with Crippen LogP contribution in [0.5, 0.6) is 0 Å². The summed E-state index contributed by atoms with van der Waals surface area (Å²) in [5.74, 6) is -1.37. The van der Waals surface area contributed by atoms with E-state index in [4.69, 9.17) is 0 Å². The van der Waals surface area contributed by atoms with E-state index in [0.29, 0.717) is 19.4 Å². The Morgan fingerprint density at radius 3 is 2.42 bits per heavy atom. The van der Waals surface area contributed by atoms with Crippen molar-refractivity contribution in [2.24, 2.45) is 5.41 Å². The molecule has 10 heteroatoms. The van der Waals surface area contributed by atoms with E-state index in [2.05, 4.69) is 28.3 Å². The molecule has 2 unspecified atom stereocenters. The number of aromatic nitrogens is 1. The minimum atomic E-state index is -1.87. The van der Waals surface area contributed by atoms with Gasteiger partial charge in [-0.25, -0.2) is 4.39 Å². The van der Waals surface area contributed by atoms with E-state index >= 15 is 0 Å². The van der Waals surface area contributed by atoms with E-state index < -0.39 is 29.1 Å². The molecule has 220 valence electrons. The van der Waals surface area contributed by atoms with Gasteiger partial charge in [-0.3, -0.25) is 14.4 Å². The zero-order chi connectivity index (χ0) is 27.8. The van der Waals surface area contributed by atoms with Crippen molar-refractivity contribution < 1.29 is 51.5 Å². The van der Waals surface area contributed by atoms with Gasteiger partial charge in [0.2, 0.25) is 11.8 Å². The summed E-state index contributed by atoms with van der Waals surface area (Å²) in [6, 6.07) is -1.56. The summed E-state index contributed by atoms with van der Waals surface area (Å²) in [7, 11) is 0. The van der Waals surface area contributed by atoms with Gasteiger partial charge in [-0.05, 0) is 36.8 Å². The first-order valence-corrected chi connectivity index (χ1v) is 13.7. The summed E-state index contributed by atoms with van der Waals surface area (Å²) < 4.78 is 14.3. The molecule has 0 spiro atoms. The van der Waals surface area contributed by atoms with Crippen LogP contribution < -0.4 is 10.6 Å². The number of halogens is 1. The molecule has 2 heterocycles. The molecule has 1 aliphatic carbocycles. The molecule has 1 aromatic rings. The molecule has 2 aliphatic rings. The number of hydrogen-bond acceptors (Lipinski definition) is 5. The zero-order valence-corrected chi connectivity index (χ0v) is 29.1. The second-order valence-corrected chi connectivity index (χ2v) is 11.0. The van der Waals surface area contributed by atoms with Crippen LogP contribution in [0.2, 0.25) is 0 Å². The van der Waals surface area contributed by atoms with E-state index in [1.807, 2.05) is 47.6 Å². The van der Waals surface area contributed by atoms with Crippen LogP contribution in [0.15, 0.2) is 35.9 Å². The third-order valence-corrected chi connectivity index (χ3v) is 7.17. The number of hydrogen-bond donors (Lipinski definition) is 2. The van der Waals surface area contributed by atoms with Crippen LogP contribution in [0, 0.1) is 33.3 Å². The summed E-state index contributed by atoms with van der Waals surface area (Å²) >= 11 is 1.50. The Bertz CT molecular complexity index is 1040. The van der Waals surface area contributed by atoms with Crippen molar-refractivity contribution in [2.45, 2.75) is 85.0 Å². The molecular formula is C30H46FN4O3SY. The van der Waals surface area contributed by atoms with E-state index in [0.717, 1.165) is 16.1 Å². The first kappa shape index (κ1) is 40.4. The SMILES string of the molecule is C=C/C(=C\C=[C-]c1scnc1C)CNC(=O)C1CCCN1C(=O)C(NC(=O)C1(F)CC1)C(C)(C)C.CC.[CH3-].[CH3-].[Y+3]. The molecule has 1 aliphatic heterocycles. The molecule has 0 aromatic carbocycles. The molecule has 0 bridgehead atoms. The summed E-state index contributed by atoms with van der Waals surface area (Å²) in [6.07, 6.45) is 9.96. The average Bonchev–Trinajstić information content (AvgIpc) is 3.24. The fourth-order valence-electron chi connectivity index (χ4n) is 3.89. The fraction of sp³-hybridized carbons (Fsp3) is 0.533. The molecule has 2 fully saturated rings. The van der Waals surface area contributed by atoms with Gasteiger partial charge in [-0.1, -0.05) is 64.6 Å². The Morgan fingerprint density at radius 2 is 1.93 bits per heavy atom. The molecule has 3 rings (SSSR count). The number of nitrogens with one attached hydrogen (secondary N) is 2. The third kappa shape index (κ3) is 10.9. The largest absolute Gasteiger partial charge is 3.00 e. The third-order valence-electron chi connectivity index (χ3n) is 6.31. The molecular weight excluding hydrogens is 604 g/mol. The van der Waals surface area contributed by atoms with Crippen LogP contribution >= 0.6 is 11.3 Å². The van der Waals surface area contributed by atoms with E-state index in [1.54, 1.807) is 17.7 Å². The Morgan fingerprint density at radius 1 is 1.30 bits per heavy atom. The molecule has 2 atom stereocenters. The fourth-order valence-corrected chi connectivity index (χ4v) is 4.56. The monoisotopic (exact) mass is 650 g/mol. The number of amides is 3. The number of rotatable bonds is 9. The Kier molecular flexibility index (Phi) is 18.2. The van der Waals surface area contributed by atoms with E-state index in [1.165, 1.54) is 16.2 Å². The van der Waals surface area contributed by atoms with Crippen LogP contribution in [0.25, 0.3) is 0 Å². The van der Waals surface area contributed by atoms with Crippen LogP contribution in [0.3, 0.4) is 0 Å². The summed E-state index contributed by atoms with van der Waals surface area (Å²) in [4.78, 5) is 45.4. The summed E-state index contributed by atoms with van der Waals surface area (Å²) in [6.45, 7) is 15.8. The number of thiazole rings is 1. The Hall–Kier alpha value is -1.71. The number of carbonyl (C=O) groups is 3. The predicted octanol–water partition coefficient (Wildman–Crippen LogP) is 5.34. The minimum absolute atomic E-state index is 0. The minimum Gasteiger partial charge on any atom is -0.358 e. The van der Waals surface area contributed by atoms with Gasteiger partial charge in [-0.2, -0.15) is 29.6 Å². The van der Waals surface area contributed by atoms with Gasteiger partial charge >= 0.3 is 32.7 Å². The molecule has 3 amide bonds. The Labute approximate surface area is 270 Å². The standard InChI is InChI=1S/C26H34FN4O3S.C2H6.2CH3.Y/c1-6-18(9-7-11-20-17(2)29-16-35-20)15-28-22(32)19-10-8-14-31(19)23(33)21(25(3,4)5)30-24(34)26(27)12-13-26;1-2;;;/h6-7,9,16,19,21H,1,8,10,12-15H2,2-5H3,(H,28,32)(H,30,34);1-2H3;2*1H3;/q-1;;2*-1;+3/b18-9+;;;;. The van der Waals surface area contributed by atoms with Gasteiger partial charge in [0, 0.05) is 13.1 Å². The maximum Gasteiger partial charge on any atom is 3.00 e. The van der Waals surface area contributed by atoms with Crippen LogP contribution in [-0.2, 0) is 47.1 Å². The maximum atomic E-state index is 14.3. The number of likely N-dealkylation sites (tertiary alicyclic amines) is 1. The topological polar surface area (TPSA) is 91.4 Å². The van der Waals surface area contributed by atoms with Gasteiger partial charge in [-0.15, -0.1) is 0 Å². The van der Waals surface area contributed by atoms with Crippen LogP contribution in [0.4, 0.5) is 4.39 Å². The Balaban J connectivity index is 0. The molecule has 40 heavy (non-hydrogen) atoms. The van der Waals surface area contributed by atoms with Crippen molar-refractivity contribution in [3.05, 3.63) is 67.4 Å². The number of allylic oxidation sites excluding steroid dienone is 2. The van der Waals surface area contributed by atoms with E-state index in [-0.39, 0.29) is 78.8 Å². The van der Waals surface area contributed by atoms with Gasteiger partial charge in [0.25, 0.3) is 5.91 Å². The first-order valence-electron chi connectivity index (χ1n) is 12.9.